The van der Waals surface area contributed by atoms with Crippen molar-refractivity contribution in [3.05, 3.63) is 59.1 Å². The predicted molar refractivity (Wildman–Crippen MR) is 106 cm³/mol. The molecule has 0 aliphatic carbocycles. The van der Waals surface area contributed by atoms with Gasteiger partial charge in [-0.2, -0.15) is 0 Å². The van der Waals surface area contributed by atoms with Gasteiger partial charge in [0.05, 0.1) is 16.5 Å². The van der Waals surface area contributed by atoms with Crippen LogP contribution in [0.3, 0.4) is 0 Å². The predicted octanol–water partition coefficient (Wildman–Crippen LogP) is 2.62. The van der Waals surface area contributed by atoms with Crippen molar-refractivity contribution >= 4 is 33.2 Å². The maximum atomic E-state index is 12.6. The smallest absolute Gasteiger partial charge is 0.260 e. The van der Waals surface area contributed by atoms with Gasteiger partial charge in [-0.05, 0) is 37.1 Å². The number of sulfonamides is 1. The van der Waals surface area contributed by atoms with Crippen LogP contribution in [0, 0.1) is 0 Å². The molecule has 8 heteroatoms. The monoisotopic (exact) mass is 408 g/mol. The van der Waals surface area contributed by atoms with E-state index in [1.807, 2.05) is 18.2 Å². The Morgan fingerprint density at radius 2 is 1.93 bits per heavy atom. The zero-order valence-corrected chi connectivity index (χ0v) is 16.5. The fourth-order valence-corrected chi connectivity index (χ4v) is 4.55. The lowest BCUT2D eigenvalue weighted by Gasteiger charge is -2.20. The van der Waals surface area contributed by atoms with Crippen molar-refractivity contribution < 1.29 is 17.9 Å². The third kappa shape index (κ3) is 4.54. The summed E-state index contributed by atoms with van der Waals surface area (Å²) in [7, 11) is -3.50. The molecule has 144 valence electrons. The highest BCUT2D eigenvalue weighted by atomic mass is 35.5. The average molecular weight is 409 g/mol. The number of carbonyl (C=O) groups excluding carboxylic acids is 1. The molecule has 3 rings (SSSR count). The number of nitrogens with one attached hydrogen (secondary N) is 1. The molecule has 6 nitrogen and oxygen atoms in total. The highest BCUT2D eigenvalue weighted by Gasteiger charge is 2.29. The standard InChI is InChI=1S/C19H21ClN2O4S/c1-14(26-18-9-5-3-7-16(18)20)19(23)21-11-13-27(24,25)22-12-10-15-6-2-4-8-17(15)22/h2-9,14H,10-13H2,1H3,(H,21,23). The van der Waals surface area contributed by atoms with Crippen LogP contribution in [0.15, 0.2) is 48.5 Å². The molecule has 1 N–H and O–H groups in total. The summed E-state index contributed by atoms with van der Waals surface area (Å²) in [6.07, 6.45) is -0.0927. The van der Waals surface area contributed by atoms with Crippen molar-refractivity contribution in [2.45, 2.75) is 19.4 Å². The molecule has 1 aliphatic heterocycles. The van der Waals surface area contributed by atoms with E-state index in [4.69, 9.17) is 16.3 Å². The Balaban J connectivity index is 1.53. The Bertz CT molecular complexity index is 933. The van der Waals surface area contributed by atoms with Gasteiger partial charge in [0, 0.05) is 13.1 Å². The Morgan fingerprint density at radius 1 is 1.22 bits per heavy atom. The van der Waals surface area contributed by atoms with E-state index >= 15 is 0 Å². The zero-order chi connectivity index (χ0) is 19.4. The van der Waals surface area contributed by atoms with Gasteiger partial charge in [0.1, 0.15) is 5.75 Å². The van der Waals surface area contributed by atoms with Gasteiger partial charge in [-0.15, -0.1) is 0 Å². The second kappa shape index (κ2) is 8.19. The third-order valence-corrected chi connectivity index (χ3v) is 6.43. The average Bonchev–Trinajstić information content (AvgIpc) is 3.08. The molecule has 1 aliphatic rings. The van der Waals surface area contributed by atoms with Crippen molar-refractivity contribution in [1.82, 2.24) is 5.32 Å². The van der Waals surface area contributed by atoms with Gasteiger partial charge >= 0.3 is 0 Å². The SMILES string of the molecule is CC(Oc1ccccc1Cl)C(=O)NCCS(=O)(=O)N1CCc2ccccc21. The first-order chi connectivity index (χ1) is 12.9. The molecule has 0 saturated carbocycles. The number of anilines is 1. The summed E-state index contributed by atoms with van der Waals surface area (Å²) in [5.74, 6) is -0.165. The molecule has 1 heterocycles. The summed E-state index contributed by atoms with van der Waals surface area (Å²) in [6.45, 7) is 2.03. The fraction of sp³-hybridized carbons (Fsp3) is 0.316. The number of ether oxygens (including phenoxy) is 1. The van der Waals surface area contributed by atoms with Crippen molar-refractivity contribution in [3.8, 4) is 5.75 Å². The number of benzene rings is 2. The molecule has 1 unspecified atom stereocenters. The van der Waals surface area contributed by atoms with Crippen LogP contribution < -0.4 is 14.4 Å². The summed E-state index contributed by atoms with van der Waals surface area (Å²) < 4.78 is 32.2. The number of carbonyl (C=O) groups is 1. The molecule has 0 saturated heterocycles. The van der Waals surface area contributed by atoms with Gasteiger partial charge in [-0.1, -0.05) is 41.9 Å². The van der Waals surface area contributed by atoms with Crippen LogP contribution in [0.4, 0.5) is 5.69 Å². The van der Waals surface area contributed by atoms with Crippen molar-refractivity contribution in [3.63, 3.8) is 0 Å². The van der Waals surface area contributed by atoms with E-state index in [2.05, 4.69) is 5.32 Å². The normalized spacial score (nSPS) is 14.5. The highest BCUT2D eigenvalue weighted by molar-refractivity contribution is 7.92. The quantitative estimate of drug-likeness (QED) is 0.764. The van der Waals surface area contributed by atoms with E-state index in [-0.39, 0.29) is 12.3 Å². The first kappa shape index (κ1) is 19.5. The van der Waals surface area contributed by atoms with Crippen molar-refractivity contribution in [1.29, 1.82) is 0 Å². The van der Waals surface area contributed by atoms with Crippen LogP contribution in [0.5, 0.6) is 5.75 Å². The van der Waals surface area contributed by atoms with E-state index in [0.29, 0.717) is 23.7 Å². The van der Waals surface area contributed by atoms with Gasteiger partial charge in [0.2, 0.25) is 10.0 Å². The maximum absolute atomic E-state index is 12.6. The number of nitrogens with zero attached hydrogens (tertiary/aromatic N) is 1. The van der Waals surface area contributed by atoms with Gasteiger partial charge in [0.15, 0.2) is 6.10 Å². The number of rotatable bonds is 7. The Labute approximate surface area is 164 Å². The molecule has 0 radical (unpaired) electrons. The molecular weight excluding hydrogens is 388 g/mol. The minimum Gasteiger partial charge on any atom is -0.479 e. The first-order valence-corrected chi connectivity index (χ1v) is 10.6. The summed E-state index contributed by atoms with van der Waals surface area (Å²) >= 11 is 6.01. The van der Waals surface area contributed by atoms with Crippen LogP contribution in [-0.2, 0) is 21.2 Å². The number of para-hydroxylation sites is 2. The number of hydrogen-bond acceptors (Lipinski definition) is 4. The molecule has 0 fully saturated rings. The van der Waals surface area contributed by atoms with Crippen LogP contribution in [0.1, 0.15) is 12.5 Å². The summed E-state index contributed by atoms with van der Waals surface area (Å²) in [5, 5.41) is 3.02. The van der Waals surface area contributed by atoms with Crippen LogP contribution >= 0.6 is 11.6 Å². The van der Waals surface area contributed by atoms with Crippen LogP contribution in [0.2, 0.25) is 5.02 Å². The second-order valence-corrected chi connectivity index (χ2v) is 8.67. The Morgan fingerprint density at radius 3 is 2.70 bits per heavy atom. The van der Waals surface area contributed by atoms with Crippen LogP contribution in [-0.4, -0.2) is 39.3 Å². The molecule has 1 atom stereocenters. The molecule has 0 spiro atoms. The lowest BCUT2D eigenvalue weighted by Crippen LogP contribution is -2.41. The van der Waals surface area contributed by atoms with E-state index in [1.165, 1.54) is 4.31 Å². The molecule has 1 amide bonds. The van der Waals surface area contributed by atoms with E-state index in [0.717, 1.165) is 11.3 Å². The lowest BCUT2D eigenvalue weighted by atomic mass is 10.2. The van der Waals surface area contributed by atoms with Gasteiger partial charge in [-0.3, -0.25) is 9.10 Å². The number of fused-ring (bicyclic) bond motifs is 1. The number of halogens is 1. The van der Waals surface area contributed by atoms with Crippen molar-refractivity contribution in [2.75, 3.05) is 23.1 Å². The van der Waals surface area contributed by atoms with E-state index in [1.54, 1.807) is 37.3 Å². The summed E-state index contributed by atoms with van der Waals surface area (Å²) in [6, 6.07) is 14.3. The maximum Gasteiger partial charge on any atom is 0.260 e. The Hall–Kier alpha value is -2.25. The van der Waals surface area contributed by atoms with Crippen molar-refractivity contribution in [2.24, 2.45) is 0 Å². The van der Waals surface area contributed by atoms with Crippen LogP contribution in [0.25, 0.3) is 0 Å². The Kier molecular flexibility index (Phi) is 5.92. The highest BCUT2D eigenvalue weighted by Crippen LogP contribution is 2.29. The molecule has 2 aromatic rings. The number of amides is 1. The molecule has 0 bridgehead atoms. The van der Waals surface area contributed by atoms with Gasteiger partial charge in [-0.25, -0.2) is 8.42 Å². The molecule has 27 heavy (non-hydrogen) atoms. The van der Waals surface area contributed by atoms with E-state index in [9.17, 15) is 13.2 Å². The largest absolute Gasteiger partial charge is 0.479 e. The molecule has 2 aromatic carbocycles. The third-order valence-electron chi connectivity index (χ3n) is 4.35. The van der Waals surface area contributed by atoms with E-state index < -0.39 is 22.0 Å². The minimum absolute atomic E-state index is 0.00998. The molecular formula is C19H21ClN2O4S. The second-order valence-electron chi connectivity index (χ2n) is 6.25. The lowest BCUT2D eigenvalue weighted by molar-refractivity contribution is -0.127. The summed E-state index contributed by atoms with van der Waals surface area (Å²) in [5.41, 5.74) is 1.74. The van der Waals surface area contributed by atoms with Gasteiger partial charge < -0.3 is 10.1 Å². The first-order valence-electron chi connectivity index (χ1n) is 8.66. The minimum atomic E-state index is -3.50. The fourth-order valence-electron chi connectivity index (χ4n) is 2.94. The zero-order valence-electron chi connectivity index (χ0n) is 14.9. The molecule has 0 aromatic heterocycles. The summed E-state index contributed by atoms with van der Waals surface area (Å²) in [4.78, 5) is 12.2. The topological polar surface area (TPSA) is 75.7 Å². The number of hydrogen-bond donors (Lipinski definition) is 1. The van der Waals surface area contributed by atoms with Gasteiger partial charge in [0.25, 0.3) is 5.91 Å².